The van der Waals surface area contributed by atoms with Gasteiger partial charge < -0.3 is 5.73 Å². The third kappa shape index (κ3) is 3.33. The topological polar surface area (TPSA) is 26.0 Å². The second-order valence-electron chi connectivity index (χ2n) is 2.25. The lowest BCUT2D eigenvalue weighted by atomic mass is 10.1. The molecule has 10 heavy (non-hydrogen) atoms. The maximum absolute atomic E-state index is 5.51. The van der Waals surface area contributed by atoms with Crippen molar-refractivity contribution < 1.29 is 0 Å². The predicted molar refractivity (Wildman–Crippen MR) is 46.6 cm³/mol. The molecule has 0 heterocycles. The first-order valence-corrected chi connectivity index (χ1v) is 3.91. The molecule has 1 nitrogen and oxygen atoms in total. The minimum atomic E-state index is 1.01. The Morgan fingerprint density at radius 1 is 1.20 bits per heavy atom. The number of rotatable bonds is 0. The Morgan fingerprint density at radius 3 is 2.10 bits per heavy atom. The highest BCUT2D eigenvalue weighted by Gasteiger charge is 1.96. The quantitative estimate of drug-likeness (QED) is 0.548. The van der Waals surface area contributed by atoms with Crippen molar-refractivity contribution in [3.05, 3.63) is 23.4 Å². The van der Waals surface area contributed by atoms with Gasteiger partial charge in [0, 0.05) is 5.70 Å². The van der Waals surface area contributed by atoms with E-state index in [4.69, 9.17) is 5.73 Å². The van der Waals surface area contributed by atoms with Gasteiger partial charge in [-0.2, -0.15) is 0 Å². The predicted octanol–water partition coefficient (Wildman–Crippen LogP) is 2.60. The maximum Gasteiger partial charge on any atom is 0.00836 e. The van der Waals surface area contributed by atoms with Crippen LogP contribution in [-0.2, 0) is 0 Å². The van der Waals surface area contributed by atoms with E-state index in [0.717, 1.165) is 18.5 Å². The summed E-state index contributed by atoms with van der Waals surface area (Å²) in [4.78, 5) is 0. The highest BCUT2D eigenvalue weighted by atomic mass is 14.6. The molecular formula is C9H17N. The fraction of sp³-hybridized carbons (Fsp3) is 0.556. The highest BCUT2D eigenvalue weighted by molar-refractivity contribution is 5.20. The summed E-state index contributed by atoms with van der Waals surface area (Å²) in [5, 5.41) is 0. The lowest BCUT2D eigenvalue weighted by Crippen LogP contribution is -1.99. The second-order valence-corrected chi connectivity index (χ2v) is 2.25. The maximum atomic E-state index is 5.51. The van der Waals surface area contributed by atoms with Gasteiger partial charge in [0.15, 0.2) is 0 Å². The van der Waals surface area contributed by atoms with Crippen molar-refractivity contribution in [3.63, 3.8) is 0 Å². The van der Waals surface area contributed by atoms with Crippen LogP contribution in [0.15, 0.2) is 23.4 Å². The summed E-state index contributed by atoms with van der Waals surface area (Å²) in [5.74, 6) is 0. The number of hydrogen-bond acceptors (Lipinski definition) is 1. The minimum absolute atomic E-state index is 1.01. The molecule has 0 aromatic carbocycles. The van der Waals surface area contributed by atoms with Crippen LogP contribution < -0.4 is 5.73 Å². The molecule has 58 valence electrons. The molecule has 0 aromatic heterocycles. The Morgan fingerprint density at radius 2 is 1.80 bits per heavy atom. The minimum Gasteiger partial charge on any atom is -0.402 e. The van der Waals surface area contributed by atoms with Crippen molar-refractivity contribution in [2.45, 2.75) is 33.6 Å². The van der Waals surface area contributed by atoms with Crippen molar-refractivity contribution in [2.75, 3.05) is 0 Å². The van der Waals surface area contributed by atoms with Gasteiger partial charge in [-0.05, 0) is 25.8 Å². The molecule has 0 saturated heterocycles. The number of allylic oxidation sites excluding steroid dienone is 4. The molecular weight excluding hydrogens is 122 g/mol. The van der Waals surface area contributed by atoms with Gasteiger partial charge in [-0.25, -0.2) is 0 Å². The summed E-state index contributed by atoms with van der Waals surface area (Å²) in [6.07, 6.45) is 6.25. The number of nitrogens with two attached hydrogens (primary N) is 1. The largest absolute Gasteiger partial charge is 0.402 e. The molecule has 0 aliphatic heterocycles. The molecule has 1 aliphatic carbocycles. The Balaban J connectivity index is 0.000000371. The Labute approximate surface area is 63.6 Å². The van der Waals surface area contributed by atoms with Gasteiger partial charge in [-0.15, -0.1) is 0 Å². The van der Waals surface area contributed by atoms with Crippen molar-refractivity contribution in [2.24, 2.45) is 5.73 Å². The van der Waals surface area contributed by atoms with E-state index in [0.29, 0.717) is 0 Å². The normalized spacial score (nSPS) is 16.3. The molecule has 0 atom stereocenters. The van der Waals surface area contributed by atoms with Gasteiger partial charge in [0.2, 0.25) is 0 Å². The van der Waals surface area contributed by atoms with Crippen LogP contribution in [0.1, 0.15) is 33.6 Å². The summed E-state index contributed by atoms with van der Waals surface area (Å²) in [6.45, 7) is 6.13. The zero-order valence-electron chi connectivity index (χ0n) is 7.15. The summed E-state index contributed by atoms with van der Waals surface area (Å²) in [7, 11) is 0. The lowest BCUT2D eigenvalue weighted by molar-refractivity contribution is 0.893. The van der Waals surface area contributed by atoms with E-state index in [1.807, 2.05) is 19.9 Å². The van der Waals surface area contributed by atoms with E-state index in [9.17, 15) is 0 Å². The molecule has 0 unspecified atom stereocenters. The van der Waals surface area contributed by atoms with Crippen LogP contribution >= 0.6 is 0 Å². The zero-order chi connectivity index (χ0) is 7.98. The van der Waals surface area contributed by atoms with Crippen LogP contribution in [0.3, 0.4) is 0 Å². The monoisotopic (exact) mass is 139 g/mol. The summed E-state index contributed by atoms with van der Waals surface area (Å²) < 4.78 is 0. The molecule has 0 amide bonds. The van der Waals surface area contributed by atoms with E-state index in [1.165, 1.54) is 5.57 Å². The Hall–Kier alpha value is -0.720. The fourth-order valence-electron chi connectivity index (χ4n) is 0.757. The van der Waals surface area contributed by atoms with Crippen LogP contribution in [0.2, 0.25) is 0 Å². The average Bonchev–Trinajstić information content (AvgIpc) is 2.00. The lowest BCUT2D eigenvalue weighted by Gasteiger charge is -2.05. The first kappa shape index (κ1) is 9.28. The van der Waals surface area contributed by atoms with E-state index < -0.39 is 0 Å². The smallest absolute Gasteiger partial charge is 0.00836 e. The molecule has 0 aromatic rings. The number of hydrogen-bond donors (Lipinski definition) is 1. The Kier molecular flexibility index (Phi) is 4.73. The summed E-state index contributed by atoms with van der Waals surface area (Å²) in [5.41, 5.74) is 7.95. The van der Waals surface area contributed by atoms with Crippen LogP contribution in [-0.4, -0.2) is 0 Å². The van der Waals surface area contributed by atoms with Crippen molar-refractivity contribution in [1.82, 2.24) is 0 Å². The third-order valence-electron chi connectivity index (χ3n) is 1.39. The zero-order valence-corrected chi connectivity index (χ0v) is 7.15. The summed E-state index contributed by atoms with van der Waals surface area (Å²) >= 11 is 0. The third-order valence-corrected chi connectivity index (χ3v) is 1.39. The van der Waals surface area contributed by atoms with Gasteiger partial charge in [-0.3, -0.25) is 0 Å². The van der Waals surface area contributed by atoms with E-state index in [-0.39, 0.29) is 0 Å². The molecule has 1 rings (SSSR count). The molecule has 2 N–H and O–H groups in total. The summed E-state index contributed by atoms with van der Waals surface area (Å²) in [6, 6.07) is 0. The SMILES string of the molecule is CC.CC1=CC=C(N)CC1. The van der Waals surface area contributed by atoms with Crippen LogP contribution in [0, 0.1) is 0 Å². The van der Waals surface area contributed by atoms with Gasteiger partial charge in [0.25, 0.3) is 0 Å². The van der Waals surface area contributed by atoms with Gasteiger partial charge in [0.1, 0.15) is 0 Å². The Bertz CT molecular complexity index is 125. The standard InChI is InChI=1S/C7H11N.C2H6/c1-6-2-4-7(8)5-3-6;1-2/h2,4H,3,5,8H2,1H3;1-2H3. The van der Waals surface area contributed by atoms with Gasteiger partial charge in [0.05, 0.1) is 0 Å². The van der Waals surface area contributed by atoms with E-state index in [1.54, 1.807) is 0 Å². The molecule has 0 spiro atoms. The van der Waals surface area contributed by atoms with E-state index in [2.05, 4.69) is 13.0 Å². The van der Waals surface area contributed by atoms with Crippen molar-refractivity contribution in [1.29, 1.82) is 0 Å². The van der Waals surface area contributed by atoms with Crippen LogP contribution in [0.5, 0.6) is 0 Å². The van der Waals surface area contributed by atoms with Gasteiger partial charge in [-0.1, -0.05) is 25.5 Å². The van der Waals surface area contributed by atoms with Crippen molar-refractivity contribution in [3.8, 4) is 0 Å². The van der Waals surface area contributed by atoms with Crippen LogP contribution in [0.4, 0.5) is 0 Å². The molecule has 0 bridgehead atoms. The van der Waals surface area contributed by atoms with E-state index >= 15 is 0 Å². The fourth-order valence-corrected chi connectivity index (χ4v) is 0.757. The molecule has 0 saturated carbocycles. The average molecular weight is 139 g/mol. The molecule has 0 fully saturated rings. The van der Waals surface area contributed by atoms with Crippen molar-refractivity contribution >= 4 is 0 Å². The molecule has 1 aliphatic rings. The van der Waals surface area contributed by atoms with Gasteiger partial charge >= 0.3 is 0 Å². The first-order chi connectivity index (χ1) is 4.79. The molecule has 1 heteroatoms. The molecule has 0 radical (unpaired) electrons. The van der Waals surface area contributed by atoms with Crippen LogP contribution in [0.25, 0.3) is 0 Å². The first-order valence-electron chi connectivity index (χ1n) is 3.91. The second kappa shape index (κ2) is 5.10. The highest BCUT2D eigenvalue weighted by Crippen LogP contribution is 2.12.